The molecule has 1 radical (unpaired) electrons. The number of thiophene rings is 1. The molecule has 0 fully saturated rings. The van der Waals surface area contributed by atoms with Crippen molar-refractivity contribution >= 4 is 40.7 Å². The molecule has 5 heteroatoms. The molecule has 0 spiro atoms. The molecule has 0 bridgehead atoms. The second kappa shape index (κ2) is 6.98. The molecular formula is C19H28NO2SSi. The molecule has 2 aromatic rings. The van der Waals surface area contributed by atoms with Crippen LogP contribution in [0.15, 0.2) is 24.3 Å². The molecule has 24 heavy (non-hydrogen) atoms. The number of carboxylic acid groups (broad SMARTS) is 1. The zero-order valence-electron chi connectivity index (χ0n) is 15.5. The molecule has 0 amide bonds. The summed E-state index contributed by atoms with van der Waals surface area (Å²) in [4.78, 5) is 10.7. The van der Waals surface area contributed by atoms with Crippen molar-refractivity contribution in [3.05, 3.63) is 29.8 Å². The number of nitrogens with one attached hydrogen (secondary N) is 1. The second-order valence-electron chi connectivity index (χ2n) is 8.32. The van der Waals surface area contributed by atoms with E-state index in [4.69, 9.17) is 5.11 Å². The van der Waals surface area contributed by atoms with Gasteiger partial charge in [0.1, 0.15) is 8.80 Å². The lowest BCUT2D eigenvalue weighted by atomic mass is 10.1. The summed E-state index contributed by atoms with van der Waals surface area (Å²) in [5, 5.41) is 13.7. The van der Waals surface area contributed by atoms with Crippen LogP contribution in [0.2, 0.25) is 10.1 Å². The Labute approximate surface area is 150 Å². The first-order valence-electron chi connectivity index (χ1n) is 8.32. The average Bonchev–Trinajstić information content (AvgIpc) is 2.78. The smallest absolute Gasteiger partial charge is 0.317 e. The summed E-state index contributed by atoms with van der Waals surface area (Å²) >= 11 is 1.90. The molecule has 1 aromatic heterocycles. The third kappa shape index (κ3) is 4.46. The number of carboxylic acids is 1. The van der Waals surface area contributed by atoms with Gasteiger partial charge in [-0.2, -0.15) is 0 Å². The SMILES string of the molecule is CC(C)(C)[Si](c1cc2cccc(CNCC(=O)O)c2s1)C(C)(C)C. The van der Waals surface area contributed by atoms with Gasteiger partial charge >= 0.3 is 5.97 Å². The van der Waals surface area contributed by atoms with E-state index in [2.05, 4.69) is 71.1 Å². The number of carbonyl (C=O) groups is 1. The van der Waals surface area contributed by atoms with Gasteiger partial charge in [0.15, 0.2) is 0 Å². The normalized spacial score (nSPS) is 13.0. The van der Waals surface area contributed by atoms with Gasteiger partial charge in [-0.3, -0.25) is 4.79 Å². The van der Waals surface area contributed by atoms with Gasteiger partial charge in [0, 0.05) is 11.2 Å². The van der Waals surface area contributed by atoms with Crippen LogP contribution in [-0.2, 0) is 11.3 Å². The van der Waals surface area contributed by atoms with Gasteiger partial charge in [0.2, 0.25) is 0 Å². The molecule has 0 unspecified atom stereocenters. The van der Waals surface area contributed by atoms with Gasteiger partial charge in [-0.05, 0) is 31.6 Å². The van der Waals surface area contributed by atoms with Crippen molar-refractivity contribution in [2.45, 2.75) is 58.2 Å². The maximum atomic E-state index is 10.7. The van der Waals surface area contributed by atoms with Crippen molar-refractivity contribution in [2.24, 2.45) is 0 Å². The summed E-state index contributed by atoms with van der Waals surface area (Å²) < 4.78 is 2.81. The average molecular weight is 363 g/mol. The molecule has 2 N–H and O–H groups in total. The van der Waals surface area contributed by atoms with Crippen molar-refractivity contribution in [1.82, 2.24) is 5.32 Å². The van der Waals surface area contributed by atoms with Crippen LogP contribution in [0.25, 0.3) is 10.1 Å². The lowest BCUT2D eigenvalue weighted by Gasteiger charge is -2.38. The van der Waals surface area contributed by atoms with E-state index < -0.39 is 14.8 Å². The molecule has 0 saturated heterocycles. The highest BCUT2D eigenvalue weighted by atomic mass is 32.1. The molecule has 1 heterocycles. The molecule has 1 aromatic carbocycles. The molecule has 0 saturated carbocycles. The van der Waals surface area contributed by atoms with Crippen molar-refractivity contribution in [3.63, 3.8) is 0 Å². The van der Waals surface area contributed by atoms with Crippen molar-refractivity contribution in [3.8, 4) is 0 Å². The largest absolute Gasteiger partial charge is 0.480 e. The lowest BCUT2D eigenvalue weighted by Crippen LogP contribution is -2.44. The minimum atomic E-state index is -0.819. The van der Waals surface area contributed by atoms with Crippen molar-refractivity contribution in [2.75, 3.05) is 6.54 Å². The number of aliphatic carboxylic acids is 1. The van der Waals surface area contributed by atoms with E-state index in [1.54, 1.807) is 0 Å². The Kier molecular flexibility index (Phi) is 5.57. The maximum Gasteiger partial charge on any atom is 0.317 e. The van der Waals surface area contributed by atoms with Crippen LogP contribution >= 0.6 is 11.3 Å². The van der Waals surface area contributed by atoms with E-state index in [9.17, 15) is 4.79 Å². The molecule has 0 aliphatic rings. The minimum absolute atomic E-state index is 0.00631. The fraction of sp³-hybridized carbons (Fsp3) is 0.526. The summed E-state index contributed by atoms with van der Waals surface area (Å²) in [5.41, 5.74) is 1.19. The standard InChI is InChI=1S/C19H28NO2SSi/c1-18(2,3)24(19(4,5)6)16-10-13-8-7-9-14(17(13)23-16)11-20-12-15(21)22/h7-10,20H,11-12H2,1-6H3,(H,21,22). The van der Waals surface area contributed by atoms with Crippen LogP contribution in [0.1, 0.15) is 47.1 Å². The highest BCUT2D eigenvalue weighted by molar-refractivity contribution is 7.29. The van der Waals surface area contributed by atoms with E-state index in [0.717, 1.165) is 0 Å². The number of rotatable bonds is 5. The Morgan fingerprint density at radius 3 is 2.33 bits per heavy atom. The number of fused-ring (bicyclic) bond motifs is 1. The van der Waals surface area contributed by atoms with Crippen LogP contribution in [0.5, 0.6) is 0 Å². The summed E-state index contributed by atoms with van der Waals surface area (Å²) in [6.07, 6.45) is 0. The van der Waals surface area contributed by atoms with Gasteiger partial charge in [0.05, 0.1) is 6.54 Å². The summed E-state index contributed by atoms with van der Waals surface area (Å²) in [7, 11) is -0.760. The number of hydrogen-bond donors (Lipinski definition) is 2. The number of benzene rings is 1. The van der Waals surface area contributed by atoms with Crippen molar-refractivity contribution < 1.29 is 9.90 Å². The first-order valence-corrected chi connectivity index (χ1v) is 10.6. The molecular weight excluding hydrogens is 334 g/mol. The Balaban J connectivity index is 2.41. The third-order valence-electron chi connectivity index (χ3n) is 3.96. The van der Waals surface area contributed by atoms with E-state index in [1.807, 2.05) is 11.3 Å². The Morgan fingerprint density at radius 2 is 1.79 bits per heavy atom. The monoisotopic (exact) mass is 362 g/mol. The van der Waals surface area contributed by atoms with Gasteiger partial charge in [-0.15, -0.1) is 11.3 Å². The lowest BCUT2D eigenvalue weighted by molar-refractivity contribution is -0.135. The topological polar surface area (TPSA) is 49.3 Å². The van der Waals surface area contributed by atoms with Gasteiger partial charge in [-0.1, -0.05) is 59.7 Å². The molecule has 0 atom stereocenters. The zero-order valence-corrected chi connectivity index (χ0v) is 17.3. The highest BCUT2D eigenvalue weighted by Crippen LogP contribution is 2.43. The summed E-state index contributed by atoms with van der Waals surface area (Å²) in [5.74, 6) is -0.819. The van der Waals surface area contributed by atoms with E-state index in [0.29, 0.717) is 6.54 Å². The first-order chi connectivity index (χ1) is 11.0. The van der Waals surface area contributed by atoms with Crippen LogP contribution in [0, 0.1) is 0 Å². The molecule has 0 aliphatic heterocycles. The minimum Gasteiger partial charge on any atom is -0.480 e. The van der Waals surface area contributed by atoms with Crippen LogP contribution in [0.3, 0.4) is 0 Å². The quantitative estimate of drug-likeness (QED) is 0.776. The van der Waals surface area contributed by atoms with E-state index in [1.165, 1.54) is 20.2 Å². The van der Waals surface area contributed by atoms with E-state index in [-0.39, 0.29) is 16.6 Å². The van der Waals surface area contributed by atoms with Crippen LogP contribution < -0.4 is 9.82 Å². The van der Waals surface area contributed by atoms with Gasteiger partial charge in [-0.25, -0.2) is 0 Å². The molecule has 0 aliphatic carbocycles. The van der Waals surface area contributed by atoms with Crippen LogP contribution in [-0.4, -0.2) is 26.4 Å². The zero-order chi connectivity index (χ0) is 18.1. The van der Waals surface area contributed by atoms with Gasteiger partial charge in [0.25, 0.3) is 0 Å². The molecule has 2 rings (SSSR count). The predicted octanol–water partition coefficient (Wildman–Crippen LogP) is 4.38. The fourth-order valence-corrected chi connectivity index (χ4v) is 11.1. The summed E-state index contributed by atoms with van der Waals surface area (Å²) in [6.45, 7) is 14.7. The van der Waals surface area contributed by atoms with Crippen LogP contribution in [0.4, 0.5) is 0 Å². The Bertz CT molecular complexity index is 711. The maximum absolute atomic E-state index is 10.7. The molecule has 3 nitrogen and oxygen atoms in total. The first kappa shape index (κ1) is 19.2. The second-order valence-corrected chi connectivity index (χ2v) is 14.0. The van der Waals surface area contributed by atoms with E-state index >= 15 is 0 Å². The Hall–Kier alpha value is -1.17. The number of hydrogen-bond acceptors (Lipinski definition) is 3. The Morgan fingerprint density at radius 1 is 1.17 bits per heavy atom. The summed E-state index contributed by atoms with van der Waals surface area (Å²) in [6, 6.07) is 8.70. The van der Waals surface area contributed by atoms with Gasteiger partial charge < -0.3 is 10.4 Å². The van der Waals surface area contributed by atoms with Crippen molar-refractivity contribution in [1.29, 1.82) is 0 Å². The highest BCUT2D eigenvalue weighted by Gasteiger charge is 2.39. The predicted molar refractivity (Wildman–Crippen MR) is 106 cm³/mol. The fourth-order valence-electron chi connectivity index (χ4n) is 3.55. The third-order valence-corrected chi connectivity index (χ3v) is 9.56. The molecule has 131 valence electrons.